The summed E-state index contributed by atoms with van der Waals surface area (Å²) in [7, 11) is 0. The van der Waals surface area contributed by atoms with Gasteiger partial charge in [-0.15, -0.1) is 0 Å². The summed E-state index contributed by atoms with van der Waals surface area (Å²) in [6.45, 7) is 1.80. The molecule has 1 aliphatic rings. The number of nitrogens with zero attached hydrogens (tertiary/aromatic N) is 2. The van der Waals surface area contributed by atoms with Gasteiger partial charge in [0.05, 0.1) is 0 Å². The smallest absolute Gasteiger partial charge is 0.357 e. The van der Waals surface area contributed by atoms with E-state index in [0.29, 0.717) is 19.3 Å². The van der Waals surface area contributed by atoms with E-state index in [2.05, 4.69) is 4.98 Å². The fourth-order valence-corrected chi connectivity index (χ4v) is 4.15. The number of hydrogen-bond donors (Lipinski definition) is 1. The van der Waals surface area contributed by atoms with E-state index in [4.69, 9.17) is 9.52 Å². The molecule has 0 radical (unpaired) electrons. The third kappa shape index (κ3) is 5.14. The number of carboxylic acids is 1. The van der Waals surface area contributed by atoms with Gasteiger partial charge in [-0.05, 0) is 31.2 Å². The lowest BCUT2D eigenvalue weighted by Crippen LogP contribution is -2.51. The number of carbonyl (C=O) groups is 3. The third-order valence-electron chi connectivity index (χ3n) is 5.68. The summed E-state index contributed by atoms with van der Waals surface area (Å²) in [5, 5.41) is 9.11. The fourth-order valence-electron chi connectivity index (χ4n) is 4.15. The number of amides is 1. The van der Waals surface area contributed by atoms with Crippen LogP contribution in [-0.4, -0.2) is 44.7 Å². The van der Waals surface area contributed by atoms with E-state index in [-0.39, 0.29) is 23.5 Å². The number of ketones is 1. The first-order valence-corrected chi connectivity index (χ1v) is 10.6. The molecule has 7 heteroatoms. The molecule has 1 aliphatic carbocycles. The second-order valence-electron chi connectivity index (χ2n) is 7.69. The van der Waals surface area contributed by atoms with Gasteiger partial charge in [-0.1, -0.05) is 56.5 Å². The summed E-state index contributed by atoms with van der Waals surface area (Å²) in [6.07, 6.45) is 7.24. The summed E-state index contributed by atoms with van der Waals surface area (Å²) in [4.78, 5) is 43.0. The molecule has 1 aromatic heterocycles. The number of hydrogen-bond acceptors (Lipinski definition) is 5. The standard InChI is InChI=1S/C23H28N2O5/c1-2-20(26)25(17-11-7-4-8-12-17)19(14-13-16-9-5-3-6-10-16)21(27)22-24-18(15-30-22)23(28)29/h3,5-6,9-10,15,17,19H,2,4,7-8,11-14H2,1H3,(H,28,29). The van der Waals surface area contributed by atoms with Gasteiger partial charge in [0.15, 0.2) is 5.69 Å². The van der Waals surface area contributed by atoms with E-state index >= 15 is 0 Å². The molecule has 1 amide bonds. The largest absolute Gasteiger partial charge is 0.476 e. The third-order valence-corrected chi connectivity index (χ3v) is 5.68. The molecule has 1 atom stereocenters. The minimum absolute atomic E-state index is 0.00447. The molecule has 1 heterocycles. The van der Waals surface area contributed by atoms with Gasteiger partial charge in [0.2, 0.25) is 11.7 Å². The van der Waals surface area contributed by atoms with Gasteiger partial charge in [-0.25, -0.2) is 4.79 Å². The number of aryl methyl sites for hydroxylation is 1. The van der Waals surface area contributed by atoms with Crippen molar-refractivity contribution in [2.24, 2.45) is 0 Å². The van der Waals surface area contributed by atoms with Gasteiger partial charge in [-0.2, -0.15) is 4.98 Å². The van der Waals surface area contributed by atoms with Gasteiger partial charge in [0.1, 0.15) is 12.3 Å². The molecule has 1 N–H and O–H groups in total. The van der Waals surface area contributed by atoms with Gasteiger partial charge < -0.3 is 14.4 Å². The molecule has 1 saturated carbocycles. The summed E-state index contributed by atoms with van der Waals surface area (Å²) in [6, 6.07) is 9.06. The summed E-state index contributed by atoms with van der Waals surface area (Å²) >= 11 is 0. The molecule has 0 spiro atoms. The highest BCUT2D eigenvalue weighted by atomic mass is 16.4. The van der Waals surface area contributed by atoms with E-state index in [0.717, 1.165) is 43.9 Å². The van der Waals surface area contributed by atoms with Crippen molar-refractivity contribution in [1.29, 1.82) is 0 Å². The Balaban J connectivity index is 1.91. The van der Waals surface area contributed by atoms with Crippen molar-refractivity contribution in [1.82, 2.24) is 9.88 Å². The maximum Gasteiger partial charge on any atom is 0.357 e. The van der Waals surface area contributed by atoms with Crippen LogP contribution >= 0.6 is 0 Å². The molecule has 1 aromatic carbocycles. The number of rotatable bonds is 9. The van der Waals surface area contributed by atoms with Crippen molar-refractivity contribution in [3.8, 4) is 0 Å². The lowest BCUT2D eigenvalue weighted by atomic mass is 9.90. The maximum absolute atomic E-state index is 13.4. The second kappa shape index (κ2) is 10.2. The van der Waals surface area contributed by atoms with Gasteiger partial charge in [-0.3, -0.25) is 9.59 Å². The van der Waals surface area contributed by atoms with Gasteiger partial charge in [0.25, 0.3) is 5.89 Å². The van der Waals surface area contributed by atoms with Crippen molar-refractivity contribution in [3.63, 3.8) is 0 Å². The molecule has 2 aromatic rings. The van der Waals surface area contributed by atoms with Crippen molar-refractivity contribution in [3.05, 3.63) is 53.7 Å². The van der Waals surface area contributed by atoms with E-state index < -0.39 is 17.8 Å². The zero-order valence-corrected chi connectivity index (χ0v) is 17.3. The molecule has 3 rings (SSSR count). The minimum Gasteiger partial charge on any atom is -0.476 e. The van der Waals surface area contributed by atoms with Crippen molar-refractivity contribution >= 4 is 17.7 Å². The number of Topliss-reactive ketones (excluding diaryl/α,β-unsaturated/α-hetero) is 1. The Morgan fingerprint density at radius 2 is 1.87 bits per heavy atom. The van der Waals surface area contributed by atoms with Crippen LogP contribution in [0.1, 0.15) is 78.6 Å². The Bertz CT molecular complexity index is 871. The zero-order valence-electron chi connectivity index (χ0n) is 17.3. The second-order valence-corrected chi connectivity index (χ2v) is 7.69. The number of benzene rings is 1. The quantitative estimate of drug-likeness (QED) is 0.622. The average Bonchev–Trinajstić information content (AvgIpc) is 3.28. The van der Waals surface area contributed by atoms with Crippen molar-refractivity contribution in [2.45, 2.75) is 70.4 Å². The number of oxazole rings is 1. The molecule has 30 heavy (non-hydrogen) atoms. The van der Waals surface area contributed by atoms with Crippen LogP contribution in [0.15, 0.2) is 41.0 Å². The zero-order chi connectivity index (χ0) is 21.5. The predicted octanol–water partition coefficient (Wildman–Crippen LogP) is 4.13. The molecule has 7 nitrogen and oxygen atoms in total. The number of aromatic nitrogens is 1. The first-order valence-electron chi connectivity index (χ1n) is 10.6. The molecule has 1 fully saturated rings. The lowest BCUT2D eigenvalue weighted by molar-refractivity contribution is -0.136. The molecule has 160 valence electrons. The fraction of sp³-hybridized carbons (Fsp3) is 0.478. The molecule has 0 bridgehead atoms. The van der Waals surface area contributed by atoms with Gasteiger partial charge in [0, 0.05) is 12.5 Å². The molecule has 1 unspecified atom stereocenters. The molecule has 0 aliphatic heterocycles. The van der Waals surface area contributed by atoms with Crippen LogP contribution in [0.3, 0.4) is 0 Å². The summed E-state index contributed by atoms with van der Waals surface area (Å²) < 4.78 is 5.19. The number of carbonyl (C=O) groups excluding carboxylic acids is 2. The van der Waals surface area contributed by atoms with Crippen LogP contribution in [0, 0.1) is 0 Å². The highest BCUT2D eigenvalue weighted by Gasteiger charge is 2.37. The average molecular weight is 412 g/mol. The van der Waals surface area contributed by atoms with Crippen molar-refractivity contribution < 1.29 is 23.9 Å². The lowest BCUT2D eigenvalue weighted by Gasteiger charge is -2.39. The van der Waals surface area contributed by atoms with E-state index in [9.17, 15) is 14.4 Å². The first-order chi connectivity index (χ1) is 14.5. The van der Waals surface area contributed by atoms with Crippen LogP contribution in [-0.2, 0) is 11.2 Å². The van der Waals surface area contributed by atoms with E-state index in [1.54, 1.807) is 11.8 Å². The monoisotopic (exact) mass is 412 g/mol. The Morgan fingerprint density at radius 1 is 1.17 bits per heavy atom. The van der Waals surface area contributed by atoms with Gasteiger partial charge >= 0.3 is 5.97 Å². The highest BCUT2D eigenvalue weighted by Crippen LogP contribution is 2.28. The predicted molar refractivity (Wildman–Crippen MR) is 110 cm³/mol. The van der Waals surface area contributed by atoms with E-state index in [1.807, 2.05) is 30.3 Å². The van der Waals surface area contributed by atoms with E-state index in [1.165, 1.54) is 0 Å². The molecular weight excluding hydrogens is 384 g/mol. The minimum atomic E-state index is -1.26. The van der Waals surface area contributed by atoms with Crippen LogP contribution in [0.4, 0.5) is 0 Å². The Morgan fingerprint density at radius 3 is 2.47 bits per heavy atom. The number of carboxylic acid groups (broad SMARTS) is 1. The van der Waals surface area contributed by atoms with Crippen LogP contribution in [0.25, 0.3) is 0 Å². The molecular formula is C23H28N2O5. The molecule has 0 saturated heterocycles. The number of aromatic carboxylic acids is 1. The van der Waals surface area contributed by atoms with Crippen LogP contribution < -0.4 is 0 Å². The Kier molecular flexibility index (Phi) is 7.38. The first kappa shape index (κ1) is 21.7. The summed E-state index contributed by atoms with van der Waals surface area (Å²) in [5.74, 6) is -2.02. The van der Waals surface area contributed by atoms with Crippen LogP contribution in [0.2, 0.25) is 0 Å². The van der Waals surface area contributed by atoms with Crippen LogP contribution in [0.5, 0.6) is 0 Å². The summed E-state index contributed by atoms with van der Waals surface area (Å²) in [5.41, 5.74) is 0.757. The Hall–Kier alpha value is -2.96. The maximum atomic E-state index is 13.4. The Labute approximate surface area is 176 Å². The highest BCUT2D eigenvalue weighted by molar-refractivity contribution is 5.99. The van der Waals surface area contributed by atoms with Crippen molar-refractivity contribution in [2.75, 3.05) is 0 Å². The SMILES string of the molecule is CCC(=O)N(C1CCCCC1)C(CCc1ccccc1)C(=O)c1nc(C(=O)O)co1. The normalized spacial score (nSPS) is 15.5. The topological polar surface area (TPSA) is 101 Å².